The average molecular weight is 146 g/mol. The van der Waals surface area contributed by atoms with Gasteiger partial charge in [-0.25, -0.2) is 0 Å². The van der Waals surface area contributed by atoms with Crippen LogP contribution in [0.15, 0.2) is 0 Å². The Balaban J connectivity index is -0.0000000412. The zero-order valence-electron chi connectivity index (χ0n) is 7.55. The van der Waals surface area contributed by atoms with Crippen LogP contribution in [0.5, 0.6) is 0 Å². The van der Waals surface area contributed by atoms with Crippen molar-refractivity contribution < 1.29 is 46.6 Å². The second-order valence-corrected chi connectivity index (χ2v) is 2.17. The van der Waals surface area contributed by atoms with Gasteiger partial charge in [0.1, 0.15) is 0 Å². The van der Waals surface area contributed by atoms with Gasteiger partial charge in [0.15, 0.2) is 0 Å². The minimum absolute atomic E-state index is 0. The van der Waals surface area contributed by atoms with Crippen molar-refractivity contribution >= 4 is 0 Å². The molecular formula is C5H15NaO3. The normalized spacial score (nSPS) is 8.67. The minimum atomic E-state index is -0.458. The molecular weight excluding hydrogens is 131 g/mol. The number of hydrogen-bond acceptors (Lipinski definition) is 3. The maximum Gasteiger partial charge on any atom is 1.00 e. The molecule has 0 rings (SSSR count). The smallest absolute Gasteiger partial charge is 1.00 e. The van der Waals surface area contributed by atoms with Crippen LogP contribution < -0.4 is 29.6 Å². The van der Waals surface area contributed by atoms with Gasteiger partial charge in [-0.2, -0.15) is 0 Å². The fourth-order valence-corrected chi connectivity index (χ4v) is 0. The van der Waals surface area contributed by atoms with E-state index < -0.39 is 5.60 Å². The molecule has 0 unspecified atom stereocenters. The van der Waals surface area contributed by atoms with Gasteiger partial charge in [0.05, 0.1) is 5.60 Å². The van der Waals surface area contributed by atoms with Crippen molar-refractivity contribution in [3.63, 3.8) is 0 Å². The largest absolute Gasteiger partial charge is 1.00 e. The van der Waals surface area contributed by atoms with Crippen LogP contribution in [0.25, 0.3) is 0 Å². The van der Waals surface area contributed by atoms with Crippen LogP contribution in [0.1, 0.15) is 28.6 Å². The Kier molecular flexibility index (Phi) is 16.2. The van der Waals surface area contributed by atoms with Gasteiger partial charge >= 0.3 is 29.6 Å². The van der Waals surface area contributed by atoms with Crippen LogP contribution in [0.2, 0.25) is 0 Å². The topological polar surface area (TPSA) is 60.7 Å². The van der Waals surface area contributed by atoms with Crippen LogP contribution in [0, 0.1) is 0 Å². The van der Waals surface area contributed by atoms with E-state index >= 15 is 0 Å². The summed E-state index contributed by atoms with van der Waals surface area (Å²) in [5.74, 6) is 0. The first-order valence-corrected chi connectivity index (χ1v) is 2.48. The van der Waals surface area contributed by atoms with E-state index in [-0.39, 0.29) is 31.0 Å². The van der Waals surface area contributed by atoms with Crippen molar-refractivity contribution in [2.45, 2.75) is 32.8 Å². The van der Waals surface area contributed by atoms with Gasteiger partial charge in [-0.3, -0.25) is 10.5 Å². The van der Waals surface area contributed by atoms with E-state index in [0.717, 1.165) is 6.42 Å². The molecule has 9 heavy (non-hydrogen) atoms. The maximum absolute atomic E-state index is 8.83. The van der Waals surface area contributed by atoms with Crippen LogP contribution >= 0.6 is 0 Å². The van der Waals surface area contributed by atoms with E-state index in [4.69, 9.17) is 15.6 Å². The standard InChI is InChI=1S/C5H12O.Na.H2O2.H/c1-4-5(2,3)6;;1-2;/h6H,4H2,1-3H3;;1-2H;/q;+1;;-1. The summed E-state index contributed by atoms with van der Waals surface area (Å²) in [6.45, 7) is 5.56. The Morgan fingerprint density at radius 1 is 1.33 bits per heavy atom. The second kappa shape index (κ2) is 8.88. The van der Waals surface area contributed by atoms with Gasteiger partial charge in [0.2, 0.25) is 0 Å². The van der Waals surface area contributed by atoms with Gasteiger partial charge in [0.25, 0.3) is 0 Å². The Morgan fingerprint density at radius 2 is 1.44 bits per heavy atom. The van der Waals surface area contributed by atoms with Gasteiger partial charge in [-0.05, 0) is 20.3 Å². The summed E-state index contributed by atoms with van der Waals surface area (Å²) in [5.41, 5.74) is -0.458. The molecule has 3 nitrogen and oxygen atoms in total. The average Bonchev–Trinajstić information content (AvgIpc) is 1.71. The van der Waals surface area contributed by atoms with E-state index in [0.29, 0.717) is 0 Å². The summed E-state index contributed by atoms with van der Waals surface area (Å²) >= 11 is 0. The van der Waals surface area contributed by atoms with Gasteiger partial charge in [-0.1, -0.05) is 6.92 Å². The Labute approximate surface area is 79.4 Å². The summed E-state index contributed by atoms with van der Waals surface area (Å²) in [4.78, 5) is 0. The molecule has 0 aromatic heterocycles. The van der Waals surface area contributed by atoms with Crippen LogP contribution in [-0.4, -0.2) is 21.2 Å². The van der Waals surface area contributed by atoms with Crippen LogP contribution in [-0.2, 0) is 0 Å². The molecule has 0 aromatic carbocycles. The fraction of sp³-hybridized carbons (Fsp3) is 1.00. The second-order valence-electron chi connectivity index (χ2n) is 2.17. The Morgan fingerprint density at radius 3 is 1.44 bits per heavy atom. The molecule has 4 heteroatoms. The van der Waals surface area contributed by atoms with Gasteiger partial charge < -0.3 is 6.53 Å². The summed E-state index contributed by atoms with van der Waals surface area (Å²) < 4.78 is 0. The van der Waals surface area contributed by atoms with E-state index in [9.17, 15) is 0 Å². The fourth-order valence-electron chi connectivity index (χ4n) is 0. The first-order valence-electron chi connectivity index (χ1n) is 2.48. The number of hydrogen-bond donors (Lipinski definition) is 3. The monoisotopic (exact) mass is 146 g/mol. The van der Waals surface area contributed by atoms with Crippen molar-refractivity contribution in [3.05, 3.63) is 0 Å². The quantitative estimate of drug-likeness (QED) is 0.235. The molecule has 0 radical (unpaired) electrons. The predicted molar refractivity (Wildman–Crippen MR) is 33.0 cm³/mol. The van der Waals surface area contributed by atoms with Crippen molar-refractivity contribution in [2.75, 3.05) is 0 Å². The van der Waals surface area contributed by atoms with Gasteiger partial charge in [0, 0.05) is 0 Å². The SMILES string of the molecule is CCC(C)(C)O.OO.[H-].[Na+]. The zero-order chi connectivity index (χ0) is 7.21. The predicted octanol–water partition coefficient (Wildman–Crippen LogP) is -1.70. The summed E-state index contributed by atoms with van der Waals surface area (Å²) in [7, 11) is 0. The molecule has 0 aromatic rings. The molecule has 3 N–H and O–H groups in total. The van der Waals surface area contributed by atoms with Crippen molar-refractivity contribution in [2.24, 2.45) is 0 Å². The Bertz CT molecular complexity index is 46.6. The summed E-state index contributed by atoms with van der Waals surface area (Å²) in [5, 5.41) is 20.8. The van der Waals surface area contributed by atoms with E-state index in [2.05, 4.69) is 0 Å². The molecule has 0 saturated heterocycles. The summed E-state index contributed by atoms with van der Waals surface area (Å²) in [6, 6.07) is 0. The van der Waals surface area contributed by atoms with Crippen LogP contribution in [0.3, 0.4) is 0 Å². The molecule has 0 saturated carbocycles. The number of rotatable bonds is 1. The molecule has 0 heterocycles. The van der Waals surface area contributed by atoms with Crippen molar-refractivity contribution in [1.29, 1.82) is 0 Å². The first kappa shape index (κ1) is 16.5. The molecule has 0 aliphatic carbocycles. The molecule has 0 spiro atoms. The molecule has 0 aliphatic heterocycles. The molecule has 0 atom stereocenters. The number of aliphatic hydroxyl groups is 1. The molecule has 0 amide bonds. The van der Waals surface area contributed by atoms with E-state index in [1.54, 1.807) is 13.8 Å². The van der Waals surface area contributed by atoms with Gasteiger partial charge in [-0.15, -0.1) is 0 Å². The third kappa shape index (κ3) is 27.9. The third-order valence-corrected chi connectivity index (χ3v) is 0.865. The molecule has 0 fully saturated rings. The van der Waals surface area contributed by atoms with Crippen LogP contribution in [0.4, 0.5) is 0 Å². The third-order valence-electron chi connectivity index (χ3n) is 0.865. The maximum atomic E-state index is 8.83. The zero-order valence-corrected chi connectivity index (χ0v) is 8.55. The first-order chi connectivity index (χ1) is 3.56. The van der Waals surface area contributed by atoms with Crippen molar-refractivity contribution in [3.8, 4) is 0 Å². The summed E-state index contributed by atoms with van der Waals surface area (Å²) in [6.07, 6.45) is 0.826. The Hall–Kier alpha value is 0.880. The minimum Gasteiger partial charge on any atom is -1.00 e. The van der Waals surface area contributed by atoms with Crippen molar-refractivity contribution in [1.82, 2.24) is 0 Å². The van der Waals surface area contributed by atoms with E-state index in [1.165, 1.54) is 0 Å². The van der Waals surface area contributed by atoms with E-state index in [1.807, 2.05) is 6.92 Å². The molecule has 54 valence electrons. The molecule has 0 bridgehead atoms. The molecule has 0 aliphatic rings.